The van der Waals surface area contributed by atoms with E-state index in [1.54, 1.807) is 6.33 Å². The number of ether oxygens (including phenoxy) is 2. The van der Waals surface area contributed by atoms with Crippen LogP contribution in [-0.2, 0) is 4.74 Å². The first kappa shape index (κ1) is 22.5. The lowest BCUT2D eigenvalue weighted by Gasteiger charge is -2.34. The van der Waals surface area contributed by atoms with E-state index in [2.05, 4.69) is 26.0 Å². The Morgan fingerprint density at radius 1 is 1.08 bits per heavy atom. The number of aryl methyl sites for hydroxylation is 1. The maximum absolute atomic E-state index is 11.3. The Balaban J connectivity index is 1.35. The Morgan fingerprint density at radius 2 is 1.94 bits per heavy atom. The van der Waals surface area contributed by atoms with E-state index in [9.17, 15) is 9.90 Å². The van der Waals surface area contributed by atoms with Crippen LogP contribution in [0.25, 0.3) is 21.8 Å². The van der Waals surface area contributed by atoms with E-state index in [1.807, 2.05) is 42.1 Å². The third-order valence-corrected chi connectivity index (χ3v) is 7.02. The summed E-state index contributed by atoms with van der Waals surface area (Å²) < 4.78 is 14.5. The highest BCUT2D eigenvalue weighted by molar-refractivity contribution is 5.94. The number of rotatable bonds is 4. The quantitative estimate of drug-likeness (QED) is 0.445. The van der Waals surface area contributed by atoms with Crippen molar-refractivity contribution in [2.24, 2.45) is 0 Å². The Morgan fingerprint density at radius 3 is 2.72 bits per heavy atom. The van der Waals surface area contributed by atoms with Gasteiger partial charge in [-0.2, -0.15) is 5.10 Å². The van der Waals surface area contributed by atoms with Crippen molar-refractivity contribution >= 4 is 33.7 Å². The summed E-state index contributed by atoms with van der Waals surface area (Å²) in [5.41, 5.74) is 2.69. The van der Waals surface area contributed by atoms with Crippen molar-refractivity contribution in [1.29, 1.82) is 0 Å². The lowest BCUT2D eigenvalue weighted by atomic mass is 10.1. The van der Waals surface area contributed by atoms with Crippen LogP contribution in [0.2, 0.25) is 0 Å². The van der Waals surface area contributed by atoms with Gasteiger partial charge in [-0.25, -0.2) is 19.4 Å². The molecule has 2 aliphatic heterocycles. The lowest BCUT2D eigenvalue weighted by molar-refractivity contribution is -0.0366. The summed E-state index contributed by atoms with van der Waals surface area (Å²) in [4.78, 5) is 23.9. The number of fused-ring (bicyclic) bond motifs is 2. The number of hydrogen-bond donors (Lipinski definition) is 1. The van der Waals surface area contributed by atoms with Gasteiger partial charge in [0.2, 0.25) is 0 Å². The molecule has 2 aromatic heterocycles. The Kier molecular flexibility index (Phi) is 5.80. The average Bonchev–Trinajstić information content (AvgIpc) is 3.35. The number of benzene rings is 2. The van der Waals surface area contributed by atoms with Crippen LogP contribution in [0.4, 0.5) is 10.6 Å². The Hall–Kier alpha value is -3.92. The van der Waals surface area contributed by atoms with Crippen LogP contribution < -0.4 is 9.64 Å². The summed E-state index contributed by atoms with van der Waals surface area (Å²) in [6.45, 7) is 4.80. The maximum atomic E-state index is 11.3. The average molecular weight is 489 g/mol. The summed E-state index contributed by atoms with van der Waals surface area (Å²) in [6.07, 6.45) is 5.61. The SMILES string of the molecule is Cc1ccc2c(cnn2C2CCCCO2)c1Oc1cccc2c(N3CCN(C(=O)O)CC3)ncnc12. The number of piperazine rings is 1. The molecule has 2 fully saturated rings. The molecular formula is C26H28N6O4. The van der Waals surface area contributed by atoms with E-state index < -0.39 is 6.09 Å². The zero-order valence-corrected chi connectivity index (χ0v) is 20.1. The molecule has 10 heteroatoms. The van der Waals surface area contributed by atoms with E-state index in [1.165, 1.54) is 4.90 Å². The van der Waals surface area contributed by atoms with Crippen LogP contribution >= 0.6 is 0 Å². The molecule has 186 valence electrons. The summed E-state index contributed by atoms with van der Waals surface area (Å²) in [5, 5.41) is 15.7. The molecular weight excluding hydrogens is 460 g/mol. The molecule has 0 aliphatic carbocycles. The molecule has 1 atom stereocenters. The largest absolute Gasteiger partial charge is 0.465 e. The van der Waals surface area contributed by atoms with Gasteiger partial charge in [0, 0.05) is 38.2 Å². The van der Waals surface area contributed by atoms with Crippen LogP contribution in [0.1, 0.15) is 31.1 Å². The molecule has 36 heavy (non-hydrogen) atoms. The highest BCUT2D eigenvalue weighted by Crippen LogP contribution is 2.38. The van der Waals surface area contributed by atoms with E-state index in [-0.39, 0.29) is 6.23 Å². The number of hydrogen-bond acceptors (Lipinski definition) is 7. The standard InChI is InChI=1S/C26H28N6O4/c1-17-8-9-20-19(15-29-32(20)22-7-2-3-14-35-22)24(17)36-21-6-4-5-18-23(21)27-16-28-25(18)30-10-12-31(13-11-30)26(33)34/h4-6,8-9,15-16,22H,2-3,7,10-14H2,1H3,(H,33,34). The number of carboxylic acid groups (broad SMARTS) is 1. The van der Waals surface area contributed by atoms with Gasteiger partial charge in [0.1, 0.15) is 23.4 Å². The predicted molar refractivity (Wildman–Crippen MR) is 135 cm³/mol. The van der Waals surface area contributed by atoms with Gasteiger partial charge >= 0.3 is 6.09 Å². The summed E-state index contributed by atoms with van der Waals surface area (Å²) >= 11 is 0. The lowest BCUT2D eigenvalue weighted by Crippen LogP contribution is -2.48. The fourth-order valence-electron chi connectivity index (χ4n) is 5.09. The Bertz CT molecular complexity index is 1420. The number of para-hydroxylation sites is 1. The fraction of sp³-hybridized carbons (Fsp3) is 0.385. The normalized spacial score (nSPS) is 18.6. The van der Waals surface area contributed by atoms with Crippen LogP contribution in [0, 0.1) is 6.92 Å². The van der Waals surface area contributed by atoms with Gasteiger partial charge in [0.15, 0.2) is 12.0 Å². The van der Waals surface area contributed by atoms with Crippen molar-refractivity contribution in [3.05, 3.63) is 48.4 Å². The van der Waals surface area contributed by atoms with Gasteiger partial charge in [-0.15, -0.1) is 0 Å². The number of carbonyl (C=O) groups is 1. The highest BCUT2D eigenvalue weighted by Gasteiger charge is 2.24. The van der Waals surface area contributed by atoms with Crippen LogP contribution in [0.15, 0.2) is 42.9 Å². The van der Waals surface area contributed by atoms with Crippen molar-refractivity contribution < 1.29 is 19.4 Å². The molecule has 2 saturated heterocycles. The third-order valence-electron chi connectivity index (χ3n) is 7.02. The Labute approximate surface area is 208 Å². The minimum absolute atomic E-state index is 0.0544. The second kappa shape index (κ2) is 9.27. The topological polar surface area (TPSA) is 106 Å². The number of amides is 1. The molecule has 2 aromatic carbocycles. The number of aromatic nitrogens is 4. The molecule has 0 spiro atoms. The van der Waals surface area contributed by atoms with Crippen LogP contribution in [-0.4, -0.2) is 68.6 Å². The van der Waals surface area contributed by atoms with Crippen molar-refractivity contribution in [2.75, 3.05) is 37.7 Å². The molecule has 0 saturated carbocycles. The van der Waals surface area contributed by atoms with Gasteiger partial charge in [-0.05, 0) is 49.9 Å². The second-order valence-electron chi connectivity index (χ2n) is 9.26. The van der Waals surface area contributed by atoms with Crippen LogP contribution in [0.3, 0.4) is 0 Å². The minimum Gasteiger partial charge on any atom is -0.465 e. The predicted octanol–water partition coefficient (Wildman–Crippen LogP) is 4.58. The monoisotopic (exact) mass is 488 g/mol. The third kappa shape index (κ3) is 3.97. The number of nitrogens with zero attached hydrogens (tertiary/aromatic N) is 6. The van der Waals surface area contributed by atoms with Gasteiger partial charge < -0.3 is 24.4 Å². The first-order valence-corrected chi connectivity index (χ1v) is 12.3. The first-order chi connectivity index (χ1) is 17.6. The first-order valence-electron chi connectivity index (χ1n) is 12.3. The van der Waals surface area contributed by atoms with Crippen LogP contribution in [0.5, 0.6) is 11.5 Å². The highest BCUT2D eigenvalue weighted by atomic mass is 16.5. The van der Waals surface area contributed by atoms with Crippen molar-refractivity contribution in [3.63, 3.8) is 0 Å². The van der Waals surface area contributed by atoms with Gasteiger partial charge in [0.05, 0.1) is 17.1 Å². The van der Waals surface area contributed by atoms with Gasteiger partial charge in [-0.1, -0.05) is 12.1 Å². The summed E-state index contributed by atoms with van der Waals surface area (Å²) in [5.74, 6) is 2.17. The molecule has 2 aliphatic rings. The molecule has 0 radical (unpaired) electrons. The summed E-state index contributed by atoms with van der Waals surface area (Å²) in [6, 6.07) is 9.95. The zero-order valence-electron chi connectivity index (χ0n) is 20.1. The van der Waals surface area contributed by atoms with E-state index in [0.29, 0.717) is 37.4 Å². The van der Waals surface area contributed by atoms with Crippen molar-refractivity contribution in [3.8, 4) is 11.5 Å². The molecule has 0 bridgehead atoms. The molecule has 10 nitrogen and oxygen atoms in total. The van der Waals surface area contributed by atoms with Gasteiger partial charge in [-0.3, -0.25) is 0 Å². The van der Waals surface area contributed by atoms with Crippen molar-refractivity contribution in [2.45, 2.75) is 32.4 Å². The molecule has 4 aromatic rings. The van der Waals surface area contributed by atoms with Crippen molar-refractivity contribution in [1.82, 2.24) is 24.6 Å². The van der Waals surface area contributed by atoms with E-state index >= 15 is 0 Å². The maximum Gasteiger partial charge on any atom is 0.407 e. The molecule has 1 unspecified atom stereocenters. The molecule has 4 heterocycles. The minimum atomic E-state index is -0.888. The smallest absolute Gasteiger partial charge is 0.407 e. The second-order valence-corrected chi connectivity index (χ2v) is 9.26. The van der Waals surface area contributed by atoms with E-state index in [4.69, 9.17) is 9.47 Å². The summed E-state index contributed by atoms with van der Waals surface area (Å²) in [7, 11) is 0. The van der Waals surface area contributed by atoms with E-state index in [0.717, 1.165) is 59.3 Å². The van der Waals surface area contributed by atoms with Gasteiger partial charge in [0.25, 0.3) is 0 Å². The molecule has 6 rings (SSSR count). The molecule has 1 amide bonds. The molecule has 1 N–H and O–H groups in total. The zero-order chi connectivity index (χ0) is 24.6. The fourth-order valence-corrected chi connectivity index (χ4v) is 5.09. The number of anilines is 1.